The van der Waals surface area contributed by atoms with Gasteiger partial charge in [0.2, 0.25) is 0 Å². The lowest BCUT2D eigenvalue weighted by Crippen LogP contribution is -2.02. The molecule has 0 saturated heterocycles. The van der Waals surface area contributed by atoms with Crippen LogP contribution in [0.2, 0.25) is 0 Å². The van der Waals surface area contributed by atoms with Gasteiger partial charge in [-0.15, -0.1) is 12.3 Å². The van der Waals surface area contributed by atoms with Gasteiger partial charge < -0.3 is 0 Å². The Kier molecular flexibility index (Phi) is 11.4. The van der Waals surface area contributed by atoms with Crippen LogP contribution >= 0.6 is 0 Å². The van der Waals surface area contributed by atoms with E-state index in [1.54, 1.807) is 0 Å². The average Bonchev–Trinajstić information content (AvgIpc) is 2.40. The molecule has 2 atom stereocenters. The molecule has 0 aliphatic rings. The molecule has 0 heterocycles. The number of allylic oxidation sites excluding steroid dienone is 2. The van der Waals surface area contributed by atoms with Crippen molar-refractivity contribution >= 4 is 0 Å². The van der Waals surface area contributed by atoms with Gasteiger partial charge in [-0.3, -0.25) is 0 Å². The molecule has 100 valence electrons. The van der Waals surface area contributed by atoms with Crippen LogP contribution in [0.25, 0.3) is 0 Å². The van der Waals surface area contributed by atoms with Gasteiger partial charge in [0.1, 0.15) is 0 Å². The molecule has 0 radical (unpaired) electrons. The Morgan fingerprint density at radius 3 is 2.50 bits per heavy atom. The Hall–Kier alpha value is -1.21. The van der Waals surface area contributed by atoms with E-state index in [0.29, 0.717) is 0 Å². The van der Waals surface area contributed by atoms with Crippen LogP contribution in [0.3, 0.4) is 0 Å². The highest BCUT2D eigenvalue weighted by Crippen LogP contribution is 2.16. The van der Waals surface area contributed by atoms with Gasteiger partial charge in [0.15, 0.2) is 0 Å². The van der Waals surface area contributed by atoms with E-state index in [0.717, 1.165) is 19.3 Å². The minimum Gasteiger partial charge on any atom is -0.198 e. The normalized spacial score (nSPS) is 14.0. The third-order valence-corrected chi connectivity index (χ3v) is 3.17. The molecule has 0 amide bonds. The number of hydrogen-bond donors (Lipinski definition) is 0. The van der Waals surface area contributed by atoms with E-state index in [9.17, 15) is 0 Å². The van der Waals surface area contributed by atoms with Gasteiger partial charge in [-0.1, -0.05) is 38.3 Å². The predicted octanol–water partition coefficient (Wildman–Crippen LogP) is 5.09. The maximum absolute atomic E-state index is 8.76. The summed E-state index contributed by atoms with van der Waals surface area (Å²) in [5, 5.41) is 8.76. The molecule has 0 aromatic rings. The quantitative estimate of drug-likeness (QED) is 0.299. The van der Waals surface area contributed by atoms with Crippen molar-refractivity contribution in [3.05, 3.63) is 12.2 Å². The number of rotatable bonds is 10. The summed E-state index contributed by atoms with van der Waals surface area (Å²) in [5.74, 6) is 3.13. The van der Waals surface area contributed by atoms with Gasteiger partial charge in [0.25, 0.3) is 0 Å². The molecule has 0 N–H and O–H groups in total. The molecule has 0 fully saturated rings. The minimum absolute atomic E-state index is 0.0732. The molecule has 18 heavy (non-hydrogen) atoms. The van der Waals surface area contributed by atoms with Gasteiger partial charge >= 0.3 is 0 Å². The highest BCUT2D eigenvalue weighted by atomic mass is 14.3. The summed E-state index contributed by atoms with van der Waals surface area (Å²) in [4.78, 5) is 0. The molecular formula is C17H27N. The smallest absolute Gasteiger partial charge is 0.0653 e. The highest BCUT2D eigenvalue weighted by molar-refractivity contribution is 4.97. The van der Waals surface area contributed by atoms with Gasteiger partial charge in [-0.2, -0.15) is 5.26 Å². The Morgan fingerprint density at radius 1 is 1.17 bits per heavy atom. The molecule has 0 aliphatic heterocycles. The summed E-state index contributed by atoms with van der Waals surface area (Å²) >= 11 is 0. The van der Waals surface area contributed by atoms with E-state index in [-0.39, 0.29) is 11.8 Å². The molecule has 0 aromatic carbocycles. The first-order valence-electron chi connectivity index (χ1n) is 7.25. The van der Waals surface area contributed by atoms with E-state index < -0.39 is 0 Å². The summed E-state index contributed by atoms with van der Waals surface area (Å²) in [5.41, 5.74) is 0. The van der Waals surface area contributed by atoms with Crippen LogP contribution in [-0.4, -0.2) is 0 Å². The second-order valence-corrected chi connectivity index (χ2v) is 5.03. The van der Waals surface area contributed by atoms with E-state index >= 15 is 0 Å². The number of nitriles is 1. The van der Waals surface area contributed by atoms with Crippen LogP contribution in [0.15, 0.2) is 12.2 Å². The SMILES string of the molecule is C#CC(CCC=CCCCCCC)CC(C)C#N. The van der Waals surface area contributed by atoms with E-state index in [1.165, 1.54) is 32.1 Å². The first-order chi connectivity index (χ1) is 8.74. The standard InChI is InChI=1S/C17H27N/c1-4-6-7-8-9-10-11-12-13-17(5-2)14-16(3)15-18/h2,10-11,16-17H,4,6-9,12-14H2,1,3H3. The first kappa shape index (κ1) is 16.8. The van der Waals surface area contributed by atoms with Crippen molar-refractivity contribution in [3.63, 3.8) is 0 Å². The zero-order chi connectivity index (χ0) is 13.6. The van der Waals surface area contributed by atoms with Crippen LogP contribution < -0.4 is 0 Å². The molecule has 0 aliphatic carbocycles. The van der Waals surface area contributed by atoms with Gasteiger partial charge in [-0.25, -0.2) is 0 Å². The lowest BCUT2D eigenvalue weighted by molar-refractivity contribution is 0.503. The van der Waals surface area contributed by atoms with Crippen molar-refractivity contribution < 1.29 is 0 Å². The molecule has 1 nitrogen and oxygen atoms in total. The number of terminal acetylenes is 1. The molecule has 0 rings (SSSR count). The van der Waals surface area contributed by atoms with Crippen molar-refractivity contribution in [1.29, 1.82) is 5.26 Å². The maximum Gasteiger partial charge on any atom is 0.0653 e. The van der Waals surface area contributed by atoms with Crippen molar-refractivity contribution in [2.75, 3.05) is 0 Å². The molecular weight excluding hydrogens is 218 g/mol. The van der Waals surface area contributed by atoms with E-state index in [2.05, 4.69) is 31.1 Å². The number of nitrogens with zero attached hydrogens (tertiary/aromatic N) is 1. The molecule has 0 bridgehead atoms. The fraction of sp³-hybridized carbons (Fsp3) is 0.706. The monoisotopic (exact) mass is 245 g/mol. The lowest BCUT2D eigenvalue weighted by Gasteiger charge is -2.09. The Balaban J connectivity index is 3.59. The van der Waals surface area contributed by atoms with Gasteiger partial charge in [0, 0.05) is 11.8 Å². The minimum atomic E-state index is 0.0732. The van der Waals surface area contributed by atoms with Crippen molar-refractivity contribution in [1.82, 2.24) is 0 Å². The zero-order valence-corrected chi connectivity index (χ0v) is 12.0. The van der Waals surface area contributed by atoms with Crippen LogP contribution in [0.5, 0.6) is 0 Å². The number of hydrogen-bond acceptors (Lipinski definition) is 1. The largest absolute Gasteiger partial charge is 0.198 e. The Bertz CT molecular complexity index is 290. The van der Waals surface area contributed by atoms with Crippen LogP contribution in [0.1, 0.15) is 65.2 Å². The van der Waals surface area contributed by atoms with E-state index in [1.807, 2.05) is 6.92 Å². The molecule has 0 saturated carbocycles. The first-order valence-corrected chi connectivity index (χ1v) is 7.25. The second kappa shape index (κ2) is 12.3. The third kappa shape index (κ3) is 9.98. The Morgan fingerprint density at radius 2 is 1.89 bits per heavy atom. The van der Waals surface area contributed by atoms with E-state index in [4.69, 9.17) is 11.7 Å². The number of unbranched alkanes of at least 4 members (excludes halogenated alkanes) is 4. The fourth-order valence-electron chi connectivity index (χ4n) is 1.97. The summed E-state index contributed by atoms with van der Waals surface area (Å²) in [6, 6.07) is 2.25. The summed E-state index contributed by atoms with van der Waals surface area (Å²) in [6.07, 6.45) is 19.4. The average molecular weight is 245 g/mol. The zero-order valence-electron chi connectivity index (χ0n) is 12.0. The van der Waals surface area contributed by atoms with Crippen molar-refractivity contribution in [3.8, 4) is 18.4 Å². The molecule has 0 aromatic heterocycles. The van der Waals surface area contributed by atoms with Gasteiger partial charge in [0.05, 0.1) is 6.07 Å². The summed E-state index contributed by atoms with van der Waals surface area (Å²) in [7, 11) is 0. The highest BCUT2D eigenvalue weighted by Gasteiger charge is 2.08. The van der Waals surface area contributed by atoms with Crippen LogP contribution in [-0.2, 0) is 0 Å². The molecule has 2 unspecified atom stereocenters. The maximum atomic E-state index is 8.76. The molecule has 1 heteroatoms. The third-order valence-electron chi connectivity index (χ3n) is 3.17. The molecule has 0 spiro atoms. The lowest BCUT2D eigenvalue weighted by atomic mass is 9.93. The van der Waals surface area contributed by atoms with Crippen LogP contribution in [0.4, 0.5) is 0 Å². The topological polar surface area (TPSA) is 23.8 Å². The van der Waals surface area contributed by atoms with Gasteiger partial charge in [-0.05, 0) is 39.0 Å². The van der Waals surface area contributed by atoms with Crippen molar-refractivity contribution in [2.24, 2.45) is 11.8 Å². The van der Waals surface area contributed by atoms with Crippen molar-refractivity contribution in [2.45, 2.75) is 65.2 Å². The van der Waals surface area contributed by atoms with Crippen LogP contribution in [0, 0.1) is 35.5 Å². The summed E-state index contributed by atoms with van der Waals surface area (Å²) < 4.78 is 0. The Labute approximate surface area is 113 Å². The second-order valence-electron chi connectivity index (χ2n) is 5.03. The summed E-state index contributed by atoms with van der Waals surface area (Å²) in [6.45, 7) is 4.17. The predicted molar refractivity (Wildman–Crippen MR) is 78.9 cm³/mol. The fourth-order valence-corrected chi connectivity index (χ4v) is 1.97.